The average molecular weight is 226 g/mol. The predicted octanol–water partition coefficient (Wildman–Crippen LogP) is 2.73. The van der Waals surface area contributed by atoms with Gasteiger partial charge in [-0.05, 0) is 31.6 Å². The first-order valence-corrected chi connectivity index (χ1v) is 6.31. The second-order valence-electron chi connectivity index (χ2n) is 4.77. The van der Waals surface area contributed by atoms with Crippen LogP contribution in [0, 0.1) is 11.8 Å². The van der Waals surface area contributed by atoms with E-state index in [-0.39, 0.29) is 11.9 Å². The molecule has 1 saturated heterocycles. The molecular weight excluding hydrogens is 204 g/mol. The Kier molecular flexibility index (Phi) is 5.50. The molecule has 0 amide bonds. The summed E-state index contributed by atoms with van der Waals surface area (Å²) in [6, 6.07) is 0. The minimum atomic E-state index is -0.0900. The van der Waals surface area contributed by atoms with Gasteiger partial charge in [0.25, 0.3) is 0 Å². The van der Waals surface area contributed by atoms with E-state index in [1.165, 1.54) is 0 Å². The zero-order valence-electron chi connectivity index (χ0n) is 10.3. The zero-order valence-corrected chi connectivity index (χ0v) is 10.3. The van der Waals surface area contributed by atoms with Crippen LogP contribution in [0.25, 0.3) is 0 Å². The molecular formula is C13H22O3. The lowest BCUT2D eigenvalue weighted by Gasteiger charge is -2.19. The third-order valence-corrected chi connectivity index (χ3v) is 3.29. The molecule has 2 unspecified atom stereocenters. The average Bonchev–Trinajstić information content (AvgIpc) is 2.26. The maximum Gasteiger partial charge on any atom is 0.306 e. The Bertz CT molecular complexity index is 248. The van der Waals surface area contributed by atoms with Gasteiger partial charge in [0.15, 0.2) is 0 Å². The quantitative estimate of drug-likeness (QED) is 0.680. The molecule has 0 N–H and O–H groups in total. The molecule has 2 atom stereocenters. The Morgan fingerprint density at radius 2 is 2.12 bits per heavy atom. The van der Waals surface area contributed by atoms with Crippen molar-refractivity contribution in [2.24, 2.45) is 11.8 Å². The van der Waals surface area contributed by atoms with Crippen molar-refractivity contribution >= 4 is 11.8 Å². The van der Waals surface area contributed by atoms with Gasteiger partial charge < -0.3 is 4.74 Å². The van der Waals surface area contributed by atoms with E-state index in [0.717, 1.165) is 25.7 Å². The molecule has 16 heavy (non-hydrogen) atoms. The number of rotatable bonds is 2. The van der Waals surface area contributed by atoms with Gasteiger partial charge in [-0.2, -0.15) is 0 Å². The van der Waals surface area contributed by atoms with Crippen LogP contribution in [0.1, 0.15) is 52.4 Å². The van der Waals surface area contributed by atoms with E-state index in [2.05, 4.69) is 6.92 Å². The normalized spacial score (nSPS) is 28.2. The van der Waals surface area contributed by atoms with Gasteiger partial charge in [-0.3, -0.25) is 9.59 Å². The Hall–Kier alpha value is -0.860. The number of cyclic esters (lactones) is 1. The monoisotopic (exact) mass is 226 g/mol. The Labute approximate surface area is 97.5 Å². The van der Waals surface area contributed by atoms with Crippen molar-refractivity contribution in [3.8, 4) is 0 Å². The number of ketones is 1. The smallest absolute Gasteiger partial charge is 0.306 e. The third-order valence-electron chi connectivity index (χ3n) is 3.29. The summed E-state index contributed by atoms with van der Waals surface area (Å²) in [6.45, 7) is 4.44. The maximum absolute atomic E-state index is 11.7. The molecule has 0 aromatic rings. The second-order valence-corrected chi connectivity index (χ2v) is 4.77. The fourth-order valence-corrected chi connectivity index (χ4v) is 2.20. The molecule has 3 heteroatoms. The topological polar surface area (TPSA) is 43.4 Å². The molecule has 0 aliphatic carbocycles. The highest BCUT2D eigenvalue weighted by atomic mass is 16.5. The number of carbonyl (C=O) groups excluding carboxylic acids is 2. The fraction of sp³-hybridized carbons (Fsp3) is 0.846. The maximum atomic E-state index is 11.7. The largest absolute Gasteiger partial charge is 0.466 e. The van der Waals surface area contributed by atoms with Crippen molar-refractivity contribution < 1.29 is 14.3 Å². The summed E-state index contributed by atoms with van der Waals surface area (Å²) in [5.41, 5.74) is 0. The van der Waals surface area contributed by atoms with Crippen molar-refractivity contribution in [1.82, 2.24) is 0 Å². The minimum Gasteiger partial charge on any atom is -0.466 e. The zero-order chi connectivity index (χ0) is 12.0. The molecule has 1 rings (SSSR count). The SMILES string of the molecule is CCC(=O)C1CCCOC(=O)CC(C)CC1. The minimum absolute atomic E-state index is 0.0900. The summed E-state index contributed by atoms with van der Waals surface area (Å²) in [6.07, 6.45) is 4.68. The van der Waals surface area contributed by atoms with Gasteiger partial charge in [0, 0.05) is 18.8 Å². The van der Waals surface area contributed by atoms with Crippen molar-refractivity contribution in [2.45, 2.75) is 52.4 Å². The van der Waals surface area contributed by atoms with Crippen LogP contribution in [0.4, 0.5) is 0 Å². The standard InChI is InChI=1S/C13H22O3/c1-3-12(14)11-5-4-8-16-13(15)9-10(2)6-7-11/h10-11H,3-9H2,1-2H3. The number of hydrogen-bond acceptors (Lipinski definition) is 3. The predicted molar refractivity (Wildman–Crippen MR) is 62.0 cm³/mol. The van der Waals surface area contributed by atoms with Crippen LogP contribution in [-0.4, -0.2) is 18.4 Å². The molecule has 0 aromatic carbocycles. The van der Waals surface area contributed by atoms with Gasteiger partial charge in [0.05, 0.1) is 6.61 Å². The second kappa shape index (κ2) is 6.66. The van der Waals surface area contributed by atoms with Crippen LogP contribution in [-0.2, 0) is 14.3 Å². The molecule has 1 aliphatic rings. The molecule has 1 heterocycles. The van der Waals surface area contributed by atoms with Gasteiger partial charge in [-0.1, -0.05) is 13.8 Å². The number of carbonyl (C=O) groups is 2. The Balaban J connectivity index is 2.51. The number of esters is 1. The lowest BCUT2D eigenvalue weighted by Crippen LogP contribution is -2.19. The highest BCUT2D eigenvalue weighted by molar-refractivity contribution is 5.80. The van der Waals surface area contributed by atoms with Gasteiger partial charge >= 0.3 is 5.97 Å². The molecule has 0 radical (unpaired) electrons. The van der Waals surface area contributed by atoms with E-state index in [9.17, 15) is 9.59 Å². The van der Waals surface area contributed by atoms with Gasteiger partial charge in [-0.15, -0.1) is 0 Å². The van der Waals surface area contributed by atoms with E-state index >= 15 is 0 Å². The lowest BCUT2D eigenvalue weighted by molar-refractivity contribution is -0.145. The molecule has 0 bridgehead atoms. The summed E-state index contributed by atoms with van der Waals surface area (Å²) < 4.78 is 5.10. The Morgan fingerprint density at radius 3 is 2.81 bits per heavy atom. The Morgan fingerprint density at radius 1 is 1.38 bits per heavy atom. The van der Waals surface area contributed by atoms with Crippen molar-refractivity contribution in [2.75, 3.05) is 6.61 Å². The van der Waals surface area contributed by atoms with E-state index in [0.29, 0.717) is 31.1 Å². The molecule has 92 valence electrons. The van der Waals surface area contributed by atoms with Crippen molar-refractivity contribution in [3.05, 3.63) is 0 Å². The highest BCUT2D eigenvalue weighted by Gasteiger charge is 2.20. The third kappa shape index (κ3) is 4.33. The number of Topliss-reactive ketones (excluding diaryl/α,β-unsaturated/α-hetero) is 1. The van der Waals surface area contributed by atoms with Gasteiger partial charge in [0.1, 0.15) is 5.78 Å². The van der Waals surface area contributed by atoms with Crippen LogP contribution in [0.5, 0.6) is 0 Å². The van der Waals surface area contributed by atoms with E-state index < -0.39 is 0 Å². The lowest BCUT2D eigenvalue weighted by atomic mass is 9.88. The summed E-state index contributed by atoms with van der Waals surface area (Å²) in [4.78, 5) is 23.0. The van der Waals surface area contributed by atoms with Crippen LogP contribution < -0.4 is 0 Å². The number of hydrogen-bond donors (Lipinski definition) is 0. The summed E-state index contributed by atoms with van der Waals surface area (Å²) >= 11 is 0. The van der Waals surface area contributed by atoms with E-state index in [1.807, 2.05) is 6.92 Å². The molecule has 0 aromatic heterocycles. The molecule has 0 saturated carbocycles. The van der Waals surface area contributed by atoms with Crippen molar-refractivity contribution in [3.63, 3.8) is 0 Å². The summed E-state index contributed by atoms with van der Waals surface area (Å²) in [5.74, 6) is 0.786. The van der Waals surface area contributed by atoms with Crippen molar-refractivity contribution in [1.29, 1.82) is 0 Å². The summed E-state index contributed by atoms with van der Waals surface area (Å²) in [5, 5.41) is 0. The van der Waals surface area contributed by atoms with Crippen LogP contribution in [0.2, 0.25) is 0 Å². The fourth-order valence-electron chi connectivity index (χ4n) is 2.20. The van der Waals surface area contributed by atoms with Gasteiger partial charge in [0.2, 0.25) is 0 Å². The van der Waals surface area contributed by atoms with E-state index in [4.69, 9.17) is 4.74 Å². The van der Waals surface area contributed by atoms with Crippen LogP contribution in [0.3, 0.4) is 0 Å². The van der Waals surface area contributed by atoms with Gasteiger partial charge in [-0.25, -0.2) is 0 Å². The number of ether oxygens (including phenoxy) is 1. The summed E-state index contributed by atoms with van der Waals surface area (Å²) in [7, 11) is 0. The van der Waals surface area contributed by atoms with Crippen LogP contribution in [0.15, 0.2) is 0 Å². The molecule has 1 fully saturated rings. The molecule has 1 aliphatic heterocycles. The molecule has 3 nitrogen and oxygen atoms in total. The highest BCUT2D eigenvalue weighted by Crippen LogP contribution is 2.22. The molecule has 0 spiro atoms. The first-order chi connectivity index (χ1) is 7.63. The van der Waals surface area contributed by atoms with Crippen LogP contribution >= 0.6 is 0 Å². The first-order valence-electron chi connectivity index (χ1n) is 6.31. The van der Waals surface area contributed by atoms with E-state index in [1.54, 1.807) is 0 Å². The first kappa shape index (κ1) is 13.2.